The van der Waals surface area contributed by atoms with Crippen molar-refractivity contribution in [2.75, 3.05) is 12.4 Å². The SMILES string of the molecule is COC(=O)CC(Nc1cc(-c2ccco2)nc(Cl)n1)C(C)(C)C. The van der Waals surface area contributed by atoms with Crippen LogP contribution in [0, 0.1) is 5.41 Å². The Balaban J connectivity index is 2.27. The lowest BCUT2D eigenvalue weighted by molar-refractivity contribution is -0.141. The number of methoxy groups -OCH3 is 1. The van der Waals surface area contributed by atoms with Gasteiger partial charge in [0.25, 0.3) is 0 Å². The minimum atomic E-state index is -0.288. The van der Waals surface area contributed by atoms with Crippen molar-refractivity contribution < 1.29 is 13.9 Å². The number of nitrogens with zero attached hydrogens (tertiary/aromatic N) is 2. The number of furan rings is 1. The second-order valence-electron chi connectivity index (χ2n) is 6.23. The number of hydrogen-bond acceptors (Lipinski definition) is 6. The zero-order valence-corrected chi connectivity index (χ0v) is 14.3. The summed E-state index contributed by atoms with van der Waals surface area (Å²) >= 11 is 6.00. The highest BCUT2D eigenvalue weighted by molar-refractivity contribution is 6.28. The van der Waals surface area contributed by atoms with Crippen LogP contribution in [0.25, 0.3) is 11.5 Å². The van der Waals surface area contributed by atoms with Gasteiger partial charge >= 0.3 is 5.97 Å². The van der Waals surface area contributed by atoms with Crippen LogP contribution in [0.3, 0.4) is 0 Å². The predicted molar refractivity (Wildman–Crippen MR) is 88.2 cm³/mol. The van der Waals surface area contributed by atoms with Gasteiger partial charge in [-0.1, -0.05) is 20.8 Å². The van der Waals surface area contributed by atoms with E-state index in [0.29, 0.717) is 17.3 Å². The number of aromatic nitrogens is 2. The molecule has 0 aliphatic carbocycles. The number of hydrogen-bond donors (Lipinski definition) is 1. The number of halogens is 1. The van der Waals surface area contributed by atoms with E-state index in [-0.39, 0.29) is 29.1 Å². The molecule has 1 N–H and O–H groups in total. The van der Waals surface area contributed by atoms with Gasteiger partial charge in [0.15, 0.2) is 5.76 Å². The maximum Gasteiger partial charge on any atom is 0.307 e. The molecule has 0 bridgehead atoms. The Morgan fingerprint density at radius 2 is 2.17 bits per heavy atom. The van der Waals surface area contributed by atoms with Gasteiger partial charge in [-0.3, -0.25) is 4.79 Å². The van der Waals surface area contributed by atoms with Crippen LogP contribution < -0.4 is 5.32 Å². The van der Waals surface area contributed by atoms with Crippen LogP contribution in [-0.4, -0.2) is 29.1 Å². The van der Waals surface area contributed by atoms with E-state index in [1.54, 1.807) is 24.5 Å². The summed E-state index contributed by atoms with van der Waals surface area (Å²) in [5.41, 5.74) is 0.388. The lowest BCUT2D eigenvalue weighted by atomic mass is 9.84. The third kappa shape index (κ3) is 4.69. The smallest absolute Gasteiger partial charge is 0.307 e. The van der Waals surface area contributed by atoms with Crippen molar-refractivity contribution in [3.8, 4) is 11.5 Å². The van der Waals surface area contributed by atoms with Crippen LogP contribution in [0.4, 0.5) is 5.82 Å². The van der Waals surface area contributed by atoms with Gasteiger partial charge in [0.05, 0.1) is 19.8 Å². The maximum atomic E-state index is 11.6. The molecule has 2 aromatic heterocycles. The molecule has 124 valence electrons. The van der Waals surface area contributed by atoms with Gasteiger partial charge < -0.3 is 14.5 Å². The Bertz CT molecular complexity index is 666. The molecule has 0 saturated heterocycles. The molecule has 1 unspecified atom stereocenters. The minimum Gasteiger partial charge on any atom is -0.469 e. The first kappa shape index (κ1) is 17.3. The van der Waals surface area contributed by atoms with Crippen molar-refractivity contribution in [2.24, 2.45) is 5.41 Å². The van der Waals surface area contributed by atoms with Crippen LogP contribution in [0.5, 0.6) is 0 Å². The fourth-order valence-corrected chi connectivity index (χ4v) is 2.23. The number of rotatable bonds is 5. The molecule has 0 aromatic carbocycles. The summed E-state index contributed by atoms with van der Waals surface area (Å²) in [7, 11) is 1.37. The number of carbonyl (C=O) groups is 1. The largest absolute Gasteiger partial charge is 0.469 e. The summed E-state index contributed by atoms with van der Waals surface area (Å²) in [6.45, 7) is 6.09. The quantitative estimate of drug-likeness (QED) is 0.661. The number of ether oxygens (including phenoxy) is 1. The Morgan fingerprint density at radius 3 is 2.74 bits per heavy atom. The first-order chi connectivity index (χ1) is 10.8. The highest BCUT2D eigenvalue weighted by Gasteiger charge is 2.28. The molecule has 7 heteroatoms. The summed E-state index contributed by atoms with van der Waals surface area (Å²) in [5.74, 6) is 0.835. The summed E-state index contributed by atoms with van der Waals surface area (Å²) in [6.07, 6.45) is 1.78. The van der Waals surface area contributed by atoms with E-state index < -0.39 is 0 Å². The highest BCUT2D eigenvalue weighted by atomic mass is 35.5. The fourth-order valence-electron chi connectivity index (χ4n) is 2.04. The van der Waals surface area contributed by atoms with Crippen LogP contribution in [0.2, 0.25) is 5.28 Å². The first-order valence-corrected chi connectivity index (χ1v) is 7.59. The number of esters is 1. The zero-order valence-electron chi connectivity index (χ0n) is 13.6. The molecule has 1 atom stereocenters. The van der Waals surface area contributed by atoms with Crippen molar-refractivity contribution in [3.63, 3.8) is 0 Å². The second kappa shape index (κ2) is 7.00. The maximum absolute atomic E-state index is 11.6. The van der Waals surface area contributed by atoms with Crippen LogP contribution in [0.1, 0.15) is 27.2 Å². The average molecular weight is 338 g/mol. The number of nitrogens with one attached hydrogen (secondary N) is 1. The molecule has 0 aliphatic rings. The van der Waals surface area contributed by atoms with Gasteiger partial charge in [-0.05, 0) is 29.1 Å². The monoisotopic (exact) mass is 337 g/mol. The van der Waals surface area contributed by atoms with Crippen LogP contribution in [-0.2, 0) is 9.53 Å². The van der Waals surface area contributed by atoms with Crippen molar-refractivity contribution in [2.45, 2.75) is 33.2 Å². The normalized spacial score (nSPS) is 12.7. The first-order valence-electron chi connectivity index (χ1n) is 7.21. The summed E-state index contributed by atoms with van der Waals surface area (Å²) in [5, 5.41) is 3.35. The molecule has 0 fully saturated rings. The fraction of sp³-hybridized carbons (Fsp3) is 0.438. The average Bonchev–Trinajstić information content (AvgIpc) is 2.99. The Morgan fingerprint density at radius 1 is 1.43 bits per heavy atom. The second-order valence-corrected chi connectivity index (χ2v) is 6.57. The Hall–Kier alpha value is -2.08. The summed E-state index contributed by atoms with van der Waals surface area (Å²) in [6, 6.07) is 5.12. The number of carbonyl (C=O) groups excluding carboxylic acids is 1. The Labute approximate surface area is 140 Å². The van der Waals surface area contributed by atoms with Crippen molar-refractivity contribution in [3.05, 3.63) is 29.7 Å². The molecule has 0 saturated carbocycles. The zero-order chi connectivity index (χ0) is 17.0. The third-order valence-electron chi connectivity index (χ3n) is 3.44. The molecular formula is C16H20ClN3O3. The number of anilines is 1. The third-order valence-corrected chi connectivity index (χ3v) is 3.61. The molecule has 2 rings (SSSR count). The lowest BCUT2D eigenvalue weighted by Crippen LogP contribution is -2.36. The lowest BCUT2D eigenvalue weighted by Gasteiger charge is -2.31. The predicted octanol–water partition coefficient (Wildman–Crippen LogP) is 3.78. The standard InChI is InChI=1S/C16H20ClN3O3/c1-16(2,3)12(9-14(21)22-4)19-13-8-10(18-15(17)20-13)11-6-5-7-23-11/h5-8,12H,9H2,1-4H3,(H,18,19,20). The molecule has 0 radical (unpaired) electrons. The van der Waals surface area contributed by atoms with E-state index >= 15 is 0 Å². The molecule has 0 amide bonds. The van der Waals surface area contributed by atoms with Crippen molar-refractivity contribution in [1.82, 2.24) is 9.97 Å². The molecular weight excluding hydrogens is 318 g/mol. The minimum absolute atomic E-state index is 0.104. The van der Waals surface area contributed by atoms with Gasteiger partial charge in [0, 0.05) is 12.1 Å². The van der Waals surface area contributed by atoms with Crippen molar-refractivity contribution in [1.29, 1.82) is 0 Å². The highest BCUT2D eigenvalue weighted by Crippen LogP contribution is 2.28. The van der Waals surface area contributed by atoms with Gasteiger partial charge in [0.1, 0.15) is 11.5 Å². The topological polar surface area (TPSA) is 77.2 Å². The van der Waals surface area contributed by atoms with Gasteiger partial charge in [0.2, 0.25) is 5.28 Å². The molecule has 0 aliphatic heterocycles. The van der Waals surface area contributed by atoms with E-state index in [1.165, 1.54) is 7.11 Å². The van der Waals surface area contributed by atoms with Gasteiger partial charge in [-0.2, -0.15) is 0 Å². The van der Waals surface area contributed by atoms with Gasteiger partial charge in [-0.15, -0.1) is 0 Å². The van der Waals surface area contributed by atoms with E-state index in [9.17, 15) is 4.79 Å². The molecule has 0 spiro atoms. The van der Waals surface area contributed by atoms with Crippen LogP contribution in [0.15, 0.2) is 28.9 Å². The molecule has 6 nitrogen and oxygen atoms in total. The van der Waals surface area contributed by atoms with E-state index in [4.69, 9.17) is 20.8 Å². The molecule has 23 heavy (non-hydrogen) atoms. The van der Waals surface area contributed by atoms with E-state index in [2.05, 4.69) is 15.3 Å². The summed E-state index contributed by atoms with van der Waals surface area (Å²) < 4.78 is 10.1. The molecule has 2 aromatic rings. The van der Waals surface area contributed by atoms with Crippen LogP contribution >= 0.6 is 11.6 Å². The Kier molecular flexibility index (Phi) is 5.26. The van der Waals surface area contributed by atoms with E-state index in [1.807, 2.05) is 20.8 Å². The molecule has 2 heterocycles. The van der Waals surface area contributed by atoms with Crippen molar-refractivity contribution >= 4 is 23.4 Å². The van der Waals surface area contributed by atoms with Gasteiger partial charge in [-0.25, -0.2) is 9.97 Å². The van der Waals surface area contributed by atoms with E-state index in [0.717, 1.165) is 0 Å². The summed E-state index contributed by atoms with van der Waals surface area (Å²) in [4.78, 5) is 20.0.